The summed E-state index contributed by atoms with van der Waals surface area (Å²) in [7, 11) is 3.63. The Balaban J connectivity index is 2.61. The van der Waals surface area contributed by atoms with E-state index in [2.05, 4.69) is 14.6 Å². The first-order chi connectivity index (χ1) is 8.45. The van der Waals surface area contributed by atoms with Gasteiger partial charge in [0.05, 0.1) is 23.7 Å². The summed E-state index contributed by atoms with van der Waals surface area (Å²) in [6, 6.07) is 0. The number of nitrogens with zero attached hydrogens (tertiary/aromatic N) is 4. The number of ether oxygens (including phenoxy) is 1. The SMILES string of the molecule is COC(C)Cn1c(C(C)Cl)nc2c(C)nn(C)c21. The minimum absolute atomic E-state index is 0.103. The highest BCUT2D eigenvalue weighted by Crippen LogP contribution is 2.26. The summed E-state index contributed by atoms with van der Waals surface area (Å²) in [4.78, 5) is 4.61. The number of halogens is 1. The van der Waals surface area contributed by atoms with Gasteiger partial charge in [0.2, 0.25) is 0 Å². The topological polar surface area (TPSA) is 44.9 Å². The number of aryl methyl sites for hydroxylation is 2. The molecule has 0 aromatic carbocycles. The van der Waals surface area contributed by atoms with Crippen LogP contribution >= 0.6 is 11.6 Å². The molecule has 100 valence electrons. The number of imidazole rings is 1. The van der Waals surface area contributed by atoms with Gasteiger partial charge in [-0.05, 0) is 20.8 Å². The first kappa shape index (κ1) is 13.4. The van der Waals surface area contributed by atoms with Crippen LogP contribution in [0.25, 0.3) is 11.2 Å². The number of hydrogen-bond donors (Lipinski definition) is 0. The van der Waals surface area contributed by atoms with Crippen molar-refractivity contribution in [3.63, 3.8) is 0 Å². The zero-order valence-electron chi connectivity index (χ0n) is 11.4. The van der Waals surface area contributed by atoms with E-state index in [-0.39, 0.29) is 11.5 Å². The first-order valence-corrected chi connectivity index (χ1v) is 6.46. The molecule has 0 fully saturated rings. The molecule has 2 rings (SSSR count). The minimum Gasteiger partial charge on any atom is -0.380 e. The Morgan fingerprint density at radius 1 is 1.39 bits per heavy atom. The van der Waals surface area contributed by atoms with Crippen LogP contribution in [0, 0.1) is 6.92 Å². The molecule has 0 aliphatic heterocycles. The zero-order valence-corrected chi connectivity index (χ0v) is 12.2. The maximum atomic E-state index is 6.21. The third-order valence-corrected chi connectivity index (χ3v) is 3.31. The molecule has 2 heterocycles. The largest absolute Gasteiger partial charge is 0.380 e. The van der Waals surface area contributed by atoms with E-state index in [0.29, 0.717) is 0 Å². The summed E-state index contributed by atoms with van der Waals surface area (Å²) in [5, 5.41) is 4.26. The Kier molecular flexibility index (Phi) is 3.64. The van der Waals surface area contributed by atoms with E-state index >= 15 is 0 Å². The number of aromatic nitrogens is 4. The van der Waals surface area contributed by atoms with E-state index in [4.69, 9.17) is 16.3 Å². The molecule has 0 N–H and O–H groups in total. The van der Waals surface area contributed by atoms with Crippen molar-refractivity contribution in [3.05, 3.63) is 11.5 Å². The third-order valence-electron chi connectivity index (χ3n) is 3.12. The van der Waals surface area contributed by atoms with Crippen molar-refractivity contribution in [2.24, 2.45) is 7.05 Å². The van der Waals surface area contributed by atoms with Gasteiger partial charge in [0.15, 0.2) is 5.65 Å². The predicted molar refractivity (Wildman–Crippen MR) is 72.0 cm³/mol. The molecule has 2 aromatic heterocycles. The fourth-order valence-electron chi connectivity index (χ4n) is 2.17. The number of alkyl halides is 1. The molecule has 0 radical (unpaired) electrons. The van der Waals surface area contributed by atoms with E-state index < -0.39 is 0 Å². The van der Waals surface area contributed by atoms with Crippen LogP contribution in [-0.4, -0.2) is 32.5 Å². The lowest BCUT2D eigenvalue weighted by atomic mass is 10.3. The normalized spacial score (nSPS) is 15.2. The standard InChI is InChI=1S/C12H19ClN4O/c1-7(18-5)6-17-11(8(2)13)14-10-9(3)15-16(4)12(10)17/h7-8H,6H2,1-5H3. The molecule has 6 heteroatoms. The monoisotopic (exact) mass is 270 g/mol. The maximum Gasteiger partial charge on any atom is 0.158 e. The number of methoxy groups -OCH3 is 1. The van der Waals surface area contributed by atoms with E-state index in [0.717, 1.165) is 29.2 Å². The number of fused-ring (bicyclic) bond motifs is 1. The molecule has 0 saturated carbocycles. The predicted octanol–water partition coefficient (Wildman–Crippen LogP) is 2.41. The Hall–Kier alpha value is -1.07. The quantitative estimate of drug-likeness (QED) is 0.802. The Bertz CT molecular complexity index is 558. The highest BCUT2D eigenvalue weighted by Gasteiger charge is 2.21. The Morgan fingerprint density at radius 3 is 2.61 bits per heavy atom. The maximum absolute atomic E-state index is 6.21. The van der Waals surface area contributed by atoms with E-state index in [1.165, 1.54) is 0 Å². The van der Waals surface area contributed by atoms with E-state index in [1.807, 2.05) is 32.5 Å². The van der Waals surface area contributed by atoms with Crippen LogP contribution in [0.5, 0.6) is 0 Å². The molecule has 0 bridgehead atoms. The molecule has 5 nitrogen and oxygen atoms in total. The summed E-state index contributed by atoms with van der Waals surface area (Å²) in [6.45, 7) is 6.64. The first-order valence-electron chi connectivity index (χ1n) is 6.02. The highest BCUT2D eigenvalue weighted by atomic mass is 35.5. The second-order valence-electron chi connectivity index (χ2n) is 4.62. The summed E-state index contributed by atoms with van der Waals surface area (Å²) in [5.41, 5.74) is 2.84. The fraction of sp³-hybridized carbons (Fsp3) is 0.667. The Morgan fingerprint density at radius 2 is 2.06 bits per heavy atom. The average Bonchev–Trinajstić information content (AvgIpc) is 2.79. The van der Waals surface area contributed by atoms with Gasteiger partial charge in [-0.15, -0.1) is 11.6 Å². The second kappa shape index (κ2) is 4.90. The summed E-state index contributed by atoms with van der Waals surface area (Å²) in [6.07, 6.45) is 0.103. The highest BCUT2D eigenvalue weighted by molar-refractivity contribution is 6.20. The van der Waals surface area contributed by atoms with Gasteiger partial charge in [-0.25, -0.2) is 4.98 Å². The van der Waals surface area contributed by atoms with Gasteiger partial charge in [-0.1, -0.05) is 0 Å². The van der Waals surface area contributed by atoms with Gasteiger partial charge in [-0.3, -0.25) is 4.68 Å². The molecule has 0 amide bonds. The molecule has 18 heavy (non-hydrogen) atoms. The summed E-state index contributed by atoms with van der Waals surface area (Å²) < 4.78 is 9.28. The van der Waals surface area contributed by atoms with Crippen molar-refractivity contribution >= 4 is 22.8 Å². The molecular weight excluding hydrogens is 252 g/mol. The van der Waals surface area contributed by atoms with Crippen molar-refractivity contribution in [1.29, 1.82) is 0 Å². The van der Waals surface area contributed by atoms with E-state index in [9.17, 15) is 0 Å². The molecule has 0 aliphatic rings. The van der Waals surface area contributed by atoms with Gasteiger partial charge in [0.1, 0.15) is 11.3 Å². The van der Waals surface area contributed by atoms with Gasteiger partial charge < -0.3 is 9.30 Å². The van der Waals surface area contributed by atoms with Crippen molar-refractivity contribution in [2.75, 3.05) is 7.11 Å². The van der Waals surface area contributed by atoms with Crippen LogP contribution in [0.4, 0.5) is 0 Å². The van der Waals surface area contributed by atoms with Crippen molar-refractivity contribution in [1.82, 2.24) is 19.3 Å². The van der Waals surface area contributed by atoms with Crippen LogP contribution in [0.1, 0.15) is 30.7 Å². The third kappa shape index (κ3) is 2.12. The zero-order chi connectivity index (χ0) is 13.4. The lowest BCUT2D eigenvalue weighted by Crippen LogP contribution is -2.18. The smallest absolute Gasteiger partial charge is 0.158 e. The molecule has 0 saturated heterocycles. The number of rotatable bonds is 4. The Labute approximate surface area is 112 Å². The van der Waals surface area contributed by atoms with Gasteiger partial charge in [0.25, 0.3) is 0 Å². The van der Waals surface area contributed by atoms with Crippen LogP contribution < -0.4 is 0 Å². The van der Waals surface area contributed by atoms with Crippen LogP contribution in [0.3, 0.4) is 0 Å². The van der Waals surface area contributed by atoms with Crippen LogP contribution in [-0.2, 0) is 18.3 Å². The molecule has 0 spiro atoms. The van der Waals surface area contributed by atoms with Crippen molar-refractivity contribution in [2.45, 2.75) is 38.8 Å². The summed E-state index contributed by atoms with van der Waals surface area (Å²) in [5.74, 6) is 0.867. The molecule has 2 unspecified atom stereocenters. The second-order valence-corrected chi connectivity index (χ2v) is 5.28. The van der Waals surface area contributed by atoms with Crippen molar-refractivity contribution < 1.29 is 4.74 Å². The molecular formula is C12H19ClN4O. The summed E-state index contributed by atoms with van der Waals surface area (Å²) >= 11 is 6.21. The van der Waals surface area contributed by atoms with Crippen LogP contribution in [0.15, 0.2) is 0 Å². The van der Waals surface area contributed by atoms with Gasteiger partial charge in [0, 0.05) is 14.2 Å². The lowest BCUT2D eigenvalue weighted by molar-refractivity contribution is 0.103. The average molecular weight is 271 g/mol. The van der Waals surface area contributed by atoms with Gasteiger partial charge >= 0.3 is 0 Å². The molecule has 2 aromatic rings. The minimum atomic E-state index is -0.138. The van der Waals surface area contributed by atoms with Gasteiger partial charge in [-0.2, -0.15) is 5.10 Å². The lowest BCUT2D eigenvalue weighted by Gasteiger charge is -2.15. The molecule has 2 atom stereocenters. The van der Waals surface area contributed by atoms with Crippen molar-refractivity contribution in [3.8, 4) is 0 Å². The fourth-order valence-corrected chi connectivity index (χ4v) is 2.33. The van der Waals surface area contributed by atoms with Crippen LogP contribution in [0.2, 0.25) is 0 Å². The van der Waals surface area contributed by atoms with E-state index in [1.54, 1.807) is 7.11 Å². The number of hydrogen-bond acceptors (Lipinski definition) is 3. The molecule has 0 aliphatic carbocycles.